The first kappa shape index (κ1) is 31.3. The van der Waals surface area contributed by atoms with Gasteiger partial charge in [0.1, 0.15) is 0 Å². The number of anilines is 3. The molecular formula is C49H34BNO2. The molecule has 250 valence electrons. The van der Waals surface area contributed by atoms with Crippen molar-refractivity contribution < 1.29 is 10.0 Å². The molecule has 2 N–H and O–H groups in total. The van der Waals surface area contributed by atoms with E-state index in [1.165, 1.54) is 50.1 Å². The van der Waals surface area contributed by atoms with Gasteiger partial charge in [0.2, 0.25) is 0 Å². The topological polar surface area (TPSA) is 43.7 Å². The smallest absolute Gasteiger partial charge is 0.423 e. The predicted octanol–water partition coefficient (Wildman–Crippen LogP) is 10.5. The van der Waals surface area contributed by atoms with E-state index in [2.05, 4.69) is 169 Å². The Morgan fingerprint density at radius 1 is 0.358 bits per heavy atom. The standard InChI is InChI=1S/C49H34BNO2/c52-50(53)36-26-22-35(23-27-36)39-14-7-11-21-48(39)51(37-28-24-34(25-29-37)33-12-2-1-3-13-33)38-30-31-43-42-17-6-10-20-46(42)49(47(43)32-38)44-18-8-4-15-40(44)41-16-5-9-19-45(41)49/h1-32,52-53H. The maximum Gasteiger partial charge on any atom is 0.488 e. The fourth-order valence-corrected chi connectivity index (χ4v) is 8.83. The molecule has 2 aliphatic carbocycles. The first-order valence-corrected chi connectivity index (χ1v) is 18.1. The summed E-state index contributed by atoms with van der Waals surface area (Å²) in [6, 6.07) is 69.0. The minimum Gasteiger partial charge on any atom is -0.423 e. The molecule has 10 rings (SSSR count). The normalized spacial score (nSPS) is 12.9. The van der Waals surface area contributed by atoms with Crippen molar-refractivity contribution in [1.82, 2.24) is 0 Å². The molecule has 0 saturated carbocycles. The maximum atomic E-state index is 9.83. The van der Waals surface area contributed by atoms with Crippen molar-refractivity contribution in [2.45, 2.75) is 5.41 Å². The number of hydrogen-bond acceptors (Lipinski definition) is 3. The van der Waals surface area contributed by atoms with Gasteiger partial charge in [-0.15, -0.1) is 0 Å². The third kappa shape index (κ3) is 4.77. The zero-order valence-electron chi connectivity index (χ0n) is 28.9. The molecule has 0 heterocycles. The number of fused-ring (bicyclic) bond motifs is 10. The lowest BCUT2D eigenvalue weighted by atomic mass is 9.70. The van der Waals surface area contributed by atoms with E-state index in [9.17, 15) is 10.0 Å². The van der Waals surface area contributed by atoms with Crippen LogP contribution >= 0.6 is 0 Å². The lowest BCUT2D eigenvalue weighted by molar-refractivity contribution is 0.426. The summed E-state index contributed by atoms with van der Waals surface area (Å²) in [7, 11) is -1.52. The van der Waals surface area contributed by atoms with Gasteiger partial charge in [-0.2, -0.15) is 0 Å². The first-order chi connectivity index (χ1) is 26.1. The van der Waals surface area contributed by atoms with Gasteiger partial charge in [-0.1, -0.05) is 164 Å². The van der Waals surface area contributed by atoms with Crippen LogP contribution in [-0.4, -0.2) is 17.2 Å². The van der Waals surface area contributed by atoms with E-state index in [0.717, 1.165) is 33.8 Å². The Bertz CT molecular complexity index is 2590. The molecule has 1 spiro atoms. The molecule has 4 heteroatoms. The predicted molar refractivity (Wildman–Crippen MR) is 218 cm³/mol. The number of nitrogens with zero attached hydrogens (tertiary/aromatic N) is 1. The number of para-hydroxylation sites is 1. The Morgan fingerprint density at radius 2 is 0.811 bits per heavy atom. The second-order valence-corrected chi connectivity index (χ2v) is 13.9. The first-order valence-electron chi connectivity index (χ1n) is 18.1. The van der Waals surface area contributed by atoms with E-state index >= 15 is 0 Å². The molecule has 0 radical (unpaired) electrons. The molecule has 0 aromatic heterocycles. The molecule has 53 heavy (non-hydrogen) atoms. The summed E-state index contributed by atoms with van der Waals surface area (Å²) in [5, 5.41) is 19.7. The fraction of sp³-hybridized carbons (Fsp3) is 0.0204. The molecule has 0 bridgehead atoms. The van der Waals surface area contributed by atoms with E-state index in [-0.39, 0.29) is 0 Å². The van der Waals surface area contributed by atoms with Crippen LogP contribution in [0.5, 0.6) is 0 Å². The summed E-state index contributed by atoms with van der Waals surface area (Å²) in [4.78, 5) is 2.36. The van der Waals surface area contributed by atoms with Crippen molar-refractivity contribution in [2.24, 2.45) is 0 Å². The Hall–Kier alpha value is -6.46. The summed E-state index contributed by atoms with van der Waals surface area (Å²) in [6.07, 6.45) is 0. The van der Waals surface area contributed by atoms with Gasteiger partial charge >= 0.3 is 7.12 Å². The Labute approximate surface area is 309 Å². The third-order valence-electron chi connectivity index (χ3n) is 11.1. The minimum atomic E-state index is -1.52. The van der Waals surface area contributed by atoms with Gasteiger partial charge in [-0.3, -0.25) is 0 Å². The lowest BCUT2D eigenvalue weighted by Crippen LogP contribution is -2.29. The second-order valence-electron chi connectivity index (χ2n) is 13.9. The van der Waals surface area contributed by atoms with E-state index in [1.807, 2.05) is 18.2 Å². The van der Waals surface area contributed by atoms with Crippen molar-refractivity contribution in [3.8, 4) is 44.5 Å². The summed E-state index contributed by atoms with van der Waals surface area (Å²) in [5.41, 5.74) is 17.8. The highest BCUT2D eigenvalue weighted by Gasteiger charge is 2.51. The highest BCUT2D eigenvalue weighted by Crippen LogP contribution is 2.63. The van der Waals surface area contributed by atoms with Gasteiger partial charge in [0.05, 0.1) is 11.1 Å². The molecule has 8 aromatic rings. The zero-order valence-corrected chi connectivity index (χ0v) is 28.9. The van der Waals surface area contributed by atoms with Gasteiger partial charge in [0.25, 0.3) is 0 Å². The van der Waals surface area contributed by atoms with E-state index in [0.29, 0.717) is 5.46 Å². The van der Waals surface area contributed by atoms with Crippen molar-refractivity contribution in [2.75, 3.05) is 4.90 Å². The zero-order chi connectivity index (χ0) is 35.5. The molecule has 0 unspecified atom stereocenters. The van der Waals surface area contributed by atoms with E-state index < -0.39 is 12.5 Å². The summed E-state index contributed by atoms with van der Waals surface area (Å²) < 4.78 is 0. The second kappa shape index (κ2) is 12.3. The highest BCUT2D eigenvalue weighted by atomic mass is 16.4. The molecule has 0 aliphatic heterocycles. The molecule has 8 aromatic carbocycles. The monoisotopic (exact) mass is 679 g/mol. The van der Waals surface area contributed by atoms with Crippen LogP contribution < -0.4 is 10.4 Å². The van der Waals surface area contributed by atoms with Gasteiger partial charge in [-0.05, 0) is 97.0 Å². The Balaban J connectivity index is 1.22. The summed E-state index contributed by atoms with van der Waals surface area (Å²) in [5.74, 6) is 0. The molecule has 0 atom stereocenters. The van der Waals surface area contributed by atoms with Crippen LogP contribution in [0.1, 0.15) is 22.3 Å². The molecule has 3 nitrogen and oxygen atoms in total. The fourth-order valence-electron chi connectivity index (χ4n) is 8.83. The molecular weight excluding hydrogens is 645 g/mol. The van der Waals surface area contributed by atoms with Crippen LogP contribution in [0.25, 0.3) is 44.5 Å². The third-order valence-corrected chi connectivity index (χ3v) is 11.1. The molecule has 0 saturated heterocycles. The number of benzene rings is 8. The summed E-state index contributed by atoms with van der Waals surface area (Å²) >= 11 is 0. The SMILES string of the molecule is OB(O)c1ccc(-c2ccccc2N(c2ccc(-c3ccccc3)cc2)c2ccc3c(c2)C2(c4ccccc4-c4ccccc42)c2ccccc2-3)cc1. The van der Waals surface area contributed by atoms with Gasteiger partial charge in [0, 0.05) is 16.9 Å². The number of rotatable bonds is 6. The lowest BCUT2D eigenvalue weighted by Gasteiger charge is -2.32. The van der Waals surface area contributed by atoms with Crippen molar-refractivity contribution >= 4 is 29.6 Å². The highest BCUT2D eigenvalue weighted by molar-refractivity contribution is 6.58. The van der Waals surface area contributed by atoms with Crippen molar-refractivity contribution in [3.05, 3.63) is 216 Å². The van der Waals surface area contributed by atoms with E-state index in [4.69, 9.17) is 0 Å². The van der Waals surface area contributed by atoms with Gasteiger partial charge < -0.3 is 14.9 Å². The number of hydrogen-bond donors (Lipinski definition) is 2. The van der Waals surface area contributed by atoms with Crippen LogP contribution in [-0.2, 0) is 5.41 Å². The quantitative estimate of drug-likeness (QED) is 0.172. The largest absolute Gasteiger partial charge is 0.488 e. The van der Waals surface area contributed by atoms with Crippen molar-refractivity contribution in [3.63, 3.8) is 0 Å². The van der Waals surface area contributed by atoms with Crippen LogP contribution in [0.3, 0.4) is 0 Å². The van der Waals surface area contributed by atoms with Gasteiger partial charge in [0.15, 0.2) is 0 Å². The Morgan fingerprint density at radius 3 is 1.40 bits per heavy atom. The molecule has 0 amide bonds. The van der Waals surface area contributed by atoms with Crippen LogP contribution in [0.2, 0.25) is 0 Å². The molecule has 0 fully saturated rings. The van der Waals surface area contributed by atoms with Crippen LogP contribution in [0.4, 0.5) is 17.1 Å². The van der Waals surface area contributed by atoms with Gasteiger partial charge in [-0.25, -0.2) is 0 Å². The summed E-state index contributed by atoms with van der Waals surface area (Å²) in [6.45, 7) is 0. The maximum absolute atomic E-state index is 9.83. The van der Waals surface area contributed by atoms with Crippen LogP contribution in [0, 0.1) is 0 Å². The van der Waals surface area contributed by atoms with E-state index in [1.54, 1.807) is 12.1 Å². The van der Waals surface area contributed by atoms with Crippen molar-refractivity contribution in [1.29, 1.82) is 0 Å². The minimum absolute atomic E-state index is 0.459. The Kier molecular flexibility index (Phi) is 7.29. The average molecular weight is 680 g/mol. The average Bonchev–Trinajstić information content (AvgIpc) is 3.69. The van der Waals surface area contributed by atoms with Crippen LogP contribution in [0.15, 0.2) is 194 Å². The molecule has 2 aliphatic rings.